The number of nitrogens with zero attached hydrogens (tertiary/aromatic N) is 1. The molecule has 9 nitrogen and oxygen atoms in total. The highest BCUT2D eigenvalue weighted by atomic mass is 79.9. The molecule has 3 unspecified atom stereocenters. The first-order valence-electron chi connectivity index (χ1n) is 14.2. The van der Waals surface area contributed by atoms with Crippen molar-refractivity contribution in [3.63, 3.8) is 0 Å². The molecular formula is C31H38BrN3O6. The number of aryl methyl sites for hydroxylation is 2. The predicted molar refractivity (Wildman–Crippen MR) is 159 cm³/mol. The summed E-state index contributed by atoms with van der Waals surface area (Å²) in [6.45, 7) is 9.76. The minimum absolute atomic E-state index is 0.136. The number of carbonyl (C=O) groups excluding carboxylic acids is 3. The maximum atomic E-state index is 14.3. The summed E-state index contributed by atoms with van der Waals surface area (Å²) >= 11 is 3.70. The summed E-state index contributed by atoms with van der Waals surface area (Å²) in [7, 11) is 0. The monoisotopic (exact) mass is 627 g/mol. The van der Waals surface area contributed by atoms with E-state index in [9.17, 15) is 19.5 Å². The van der Waals surface area contributed by atoms with E-state index in [1.165, 1.54) is 4.90 Å². The Morgan fingerprint density at radius 2 is 1.78 bits per heavy atom. The number of halogens is 1. The molecule has 0 aromatic heterocycles. The lowest BCUT2D eigenvalue weighted by Gasteiger charge is -2.38. The molecule has 3 heterocycles. The molecule has 2 aromatic rings. The second-order valence-corrected chi connectivity index (χ2v) is 12.8. The van der Waals surface area contributed by atoms with Crippen LogP contribution in [0.1, 0.15) is 38.3 Å². The van der Waals surface area contributed by atoms with Gasteiger partial charge in [0.1, 0.15) is 17.4 Å². The van der Waals surface area contributed by atoms with Crippen LogP contribution in [-0.4, -0.2) is 69.6 Å². The highest BCUT2D eigenvalue weighted by molar-refractivity contribution is 9.09. The summed E-state index contributed by atoms with van der Waals surface area (Å²) in [5, 5.41) is 16.4. The van der Waals surface area contributed by atoms with Crippen LogP contribution in [0.25, 0.3) is 0 Å². The second-order valence-electron chi connectivity index (χ2n) is 11.6. The van der Waals surface area contributed by atoms with Gasteiger partial charge in [-0.25, -0.2) is 0 Å². The van der Waals surface area contributed by atoms with E-state index in [-0.39, 0.29) is 35.1 Å². The molecule has 3 aliphatic heterocycles. The van der Waals surface area contributed by atoms with E-state index in [1.807, 2.05) is 52.8 Å². The van der Waals surface area contributed by atoms with Gasteiger partial charge < -0.3 is 30.1 Å². The van der Waals surface area contributed by atoms with Crippen molar-refractivity contribution in [2.24, 2.45) is 17.8 Å². The van der Waals surface area contributed by atoms with Crippen LogP contribution in [0.4, 0.5) is 11.4 Å². The van der Waals surface area contributed by atoms with Gasteiger partial charge in [-0.05, 0) is 68.5 Å². The zero-order chi connectivity index (χ0) is 29.6. The minimum atomic E-state index is -1.22. The fourth-order valence-electron chi connectivity index (χ4n) is 6.87. The Morgan fingerprint density at radius 1 is 1.12 bits per heavy atom. The Kier molecular flexibility index (Phi) is 8.20. The Labute approximate surface area is 249 Å². The summed E-state index contributed by atoms with van der Waals surface area (Å²) in [5.41, 5.74) is 1.83. The highest BCUT2D eigenvalue weighted by Gasteiger charge is 2.77. The van der Waals surface area contributed by atoms with Crippen molar-refractivity contribution in [3.05, 3.63) is 53.6 Å². The molecule has 3 aliphatic rings. The van der Waals surface area contributed by atoms with Gasteiger partial charge in [-0.2, -0.15) is 0 Å². The lowest BCUT2D eigenvalue weighted by Crippen LogP contribution is -2.57. The average Bonchev–Trinajstić information content (AvgIpc) is 3.51. The summed E-state index contributed by atoms with van der Waals surface area (Å²) in [6.07, 6.45) is -0.200. The average molecular weight is 629 g/mol. The van der Waals surface area contributed by atoms with Gasteiger partial charge in [-0.15, -0.1) is 0 Å². The second kappa shape index (κ2) is 11.4. The highest BCUT2D eigenvalue weighted by Crippen LogP contribution is 2.60. The quantitative estimate of drug-likeness (QED) is 0.361. The molecule has 7 atom stereocenters. The number of alkyl halides is 1. The first kappa shape index (κ1) is 29.5. The zero-order valence-electron chi connectivity index (χ0n) is 24.0. The number of para-hydroxylation sites is 1. The molecule has 0 saturated carbocycles. The number of carbonyl (C=O) groups is 3. The number of ether oxygens (including phenoxy) is 2. The molecule has 0 radical (unpaired) electrons. The van der Waals surface area contributed by atoms with Crippen molar-refractivity contribution in [1.29, 1.82) is 0 Å². The predicted octanol–water partition coefficient (Wildman–Crippen LogP) is 4.04. The molecule has 1 spiro atoms. The Bertz CT molecular complexity index is 1310. The van der Waals surface area contributed by atoms with E-state index >= 15 is 0 Å². The van der Waals surface area contributed by atoms with E-state index < -0.39 is 35.6 Å². The van der Waals surface area contributed by atoms with Crippen LogP contribution in [0.5, 0.6) is 5.75 Å². The number of benzene rings is 2. The van der Waals surface area contributed by atoms with Crippen molar-refractivity contribution in [3.8, 4) is 5.75 Å². The fraction of sp³-hybridized carbons (Fsp3) is 0.516. The number of hydrogen-bond donors (Lipinski definition) is 3. The Morgan fingerprint density at radius 3 is 2.37 bits per heavy atom. The molecule has 220 valence electrons. The lowest BCUT2D eigenvalue weighted by atomic mass is 9.70. The zero-order valence-corrected chi connectivity index (χ0v) is 25.6. The van der Waals surface area contributed by atoms with Crippen LogP contribution >= 0.6 is 15.9 Å². The van der Waals surface area contributed by atoms with Gasteiger partial charge in [-0.1, -0.05) is 48.0 Å². The van der Waals surface area contributed by atoms with Crippen molar-refractivity contribution in [1.82, 2.24) is 4.90 Å². The molecule has 0 aliphatic carbocycles. The maximum Gasteiger partial charge on any atom is 0.250 e. The summed E-state index contributed by atoms with van der Waals surface area (Å²) in [6, 6.07) is 11.2. The SMILES string of the molecule is CCOc1ccc(NC(=O)[C@H]2[C@@H]3OC4(CC3Br)C(C(=O)Nc3c(C)cccc3C)N([C@@H](CO)C(C)C)C(=O)[C@H]24)cc1. The minimum Gasteiger partial charge on any atom is -0.494 e. The first-order valence-corrected chi connectivity index (χ1v) is 15.1. The fourth-order valence-corrected chi connectivity index (χ4v) is 7.82. The third-order valence-electron chi connectivity index (χ3n) is 8.75. The van der Waals surface area contributed by atoms with Gasteiger partial charge in [-0.3, -0.25) is 14.4 Å². The largest absolute Gasteiger partial charge is 0.494 e. The van der Waals surface area contributed by atoms with Crippen LogP contribution in [0, 0.1) is 31.6 Å². The van der Waals surface area contributed by atoms with Crippen LogP contribution in [0.2, 0.25) is 0 Å². The summed E-state index contributed by atoms with van der Waals surface area (Å²) in [4.78, 5) is 43.6. The molecule has 3 amide bonds. The maximum absolute atomic E-state index is 14.3. The number of aliphatic hydroxyl groups excluding tert-OH is 1. The number of nitrogens with one attached hydrogen (secondary N) is 2. The van der Waals surface area contributed by atoms with Crippen molar-refractivity contribution >= 4 is 45.0 Å². The number of rotatable bonds is 9. The van der Waals surface area contributed by atoms with Gasteiger partial charge in [0.05, 0.1) is 37.2 Å². The smallest absolute Gasteiger partial charge is 0.250 e. The molecule has 2 bridgehead atoms. The molecule has 3 fully saturated rings. The first-order chi connectivity index (χ1) is 19.5. The molecule has 10 heteroatoms. The number of likely N-dealkylation sites (tertiary alicyclic amines) is 1. The normalized spacial score (nSPS) is 29.0. The molecule has 3 saturated heterocycles. The molecule has 41 heavy (non-hydrogen) atoms. The Balaban J connectivity index is 1.52. The number of hydrogen-bond acceptors (Lipinski definition) is 6. The van der Waals surface area contributed by atoms with Crippen molar-refractivity contribution in [2.75, 3.05) is 23.8 Å². The molecule has 2 aromatic carbocycles. The van der Waals surface area contributed by atoms with E-state index in [0.717, 1.165) is 11.1 Å². The van der Waals surface area contributed by atoms with Gasteiger partial charge in [0.25, 0.3) is 0 Å². The topological polar surface area (TPSA) is 117 Å². The summed E-state index contributed by atoms with van der Waals surface area (Å²) in [5.74, 6) is -2.20. The van der Waals surface area contributed by atoms with Crippen LogP contribution in [-0.2, 0) is 19.1 Å². The van der Waals surface area contributed by atoms with Gasteiger partial charge in [0.2, 0.25) is 17.7 Å². The molecular weight excluding hydrogens is 590 g/mol. The Hall–Kier alpha value is -2.95. The van der Waals surface area contributed by atoms with Crippen LogP contribution < -0.4 is 15.4 Å². The molecule has 3 N–H and O–H groups in total. The van der Waals surface area contributed by atoms with Gasteiger partial charge in [0.15, 0.2) is 0 Å². The van der Waals surface area contributed by atoms with Gasteiger partial charge in [0, 0.05) is 16.2 Å². The summed E-state index contributed by atoms with van der Waals surface area (Å²) < 4.78 is 12.1. The van der Waals surface area contributed by atoms with E-state index in [2.05, 4.69) is 26.6 Å². The van der Waals surface area contributed by atoms with Crippen LogP contribution in [0.15, 0.2) is 42.5 Å². The van der Waals surface area contributed by atoms with E-state index in [4.69, 9.17) is 9.47 Å². The van der Waals surface area contributed by atoms with E-state index in [1.54, 1.807) is 24.3 Å². The molecule has 5 rings (SSSR count). The number of fused-ring (bicyclic) bond motifs is 1. The third-order valence-corrected chi connectivity index (χ3v) is 9.60. The number of aliphatic hydroxyl groups is 1. The standard InChI is InChI=1S/C31H38BrN3O6/c1-6-40-20-12-10-19(11-13-20)33-28(37)23-24-30(39)35(22(15-36)16(2)3)27(31(24)14-21(32)26(23)41-31)29(38)34-25-17(4)8-7-9-18(25)5/h7-13,16,21-24,26-27,36H,6,14-15H2,1-5H3,(H,33,37)(H,34,38)/t21?,22-,23+,24-,26+,27?,31?/m0/s1. The number of anilines is 2. The third kappa shape index (κ3) is 4.93. The lowest BCUT2D eigenvalue weighted by molar-refractivity contribution is -0.144. The van der Waals surface area contributed by atoms with Crippen LogP contribution in [0.3, 0.4) is 0 Å². The van der Waals surface area contributed by atoms with Crippen molar-refractivity contribution < 1.29 is 29.0 Å². The van der Waals surface area contributed by atoms with Gasteiger partial charge >= 0.3 is 0 Å². The van der Waals surface area contributed by atoms with Crippen molar-refractivity contribution in [2.45, 2.75) is 69.7 Å². The van der Waals surface area contributed by atoms with E-state index in [0.29, 0.717) is 30.2 Å². The number of amides is 3.